The molecule has 1 saturated heterocycles. The zero-order valence-corrected chi connectivity index (χ0v) is 12.1. The number of carbonyl (C=O) groups excluding carboxylic acids is 3. The van der Waals surface area contributed by atoms with Crippen molar-refractivity contribution in [2.24, 2.45) is 11.7 Å². The summed E-state index contributed by atoms with van der Waals surface area (Å²) in [6.45, 7) is 3.58. The molecule has 20 heavy (non-hydrogen) atoms. The Kier molecular flexibility index (Phi) is 4.42. The van der Waals surface area contributed by atoms with E-state index in [4.69, 9.17) is 5.73 Å². The zero-order valence-electron chi connectivity index (χ0n) is 12.1. The van der Waals surface area contributed by atoms with E-state index < -0.39 is 6.04 Å². The number of carbonyl (C=O) groups is 3. The largest absolute Gasteiger partial charge is 0.344 e. The lowest BCUT2D eigenvalue weighted by atomic mass is 9.85. The summed E-state index contributed by atoms with van der Waals surface area (Å²) in [5, 5.41) is 2.73. The van der Waals surface area contributed by atoms with Crippen LogP contribution in [0.3, 0.4) is 0 Å². The molecule has 3 unspecified atom stereocenters. The number of hydrogen-bond donors (Lipinski definition) is 2. The van der Waals surface area contributed by atoms with Crippen LogP contribution in [0.4, 0.5) is 0 Å². The summed E-state index contributed by atoms with van der Waals surface area (Å²) in [6, 6.07) is -0.803. The Balaban J connectivity index is 1.95. The molecule has 0 aromatic rings. The highest BCUT2D eigenvalue weighted by molar-refractivity contribution is 6.07. The lowest BCUT2D eigenvalue weighted by Crippen LogP contribution is -2.46. The van der Waals surface area contributed by atoms with Gasteiger partial charge in [-0.25, -0.2) is 0 Å². The van der Waals surface area contributed by atoms with Gasteiger partial charge in [-0.1, -0.05) is 6.42 Å². The van der Waals surface area contributed by atoms with Gasteiger partial charge in [-0.2, -0.15) is 0 Å². The zero-order chi connectivity index (χ0) is 14.9. The summed E-state index contributed by atoms with van der Waals surface area (Å²) in [4.78, 5) is 37.3. The third-order valence-corrected chi connectivity index (χ3v) is 4.10. The second-order valence-corrected chi connectivity index (χ2v) is 6.08. The first kappa shape index (κ1) is 15.0. The Morgan fingerprint density at radius 2 is 2.05 bits per heavy atom. The Hall–Kier alpha value is -1.43. The fourth-order valence-electron chi connectivity index (χ4n) is 3.06. The number of rotatable bonds is 3. The molecule has 1 saturated carbocycles. The molecule has 1 aliphatic heterocycles. The normalized spacial score (nSPS) is 31.0. The van der Waals surface area contributed by atoms with E-state index in [1.54, 1.807) is 13.8 Å². The maximum Gasteiger partial charge on any atom is 0.252 e. The van der Waals surface area contributed by atoms with Gasteiger partial charge in [0.15, 0.2) is 0 Å². The molecule has 0 spiro atoms. The maximum absolute atomic E-state index is 12.2. The molecule has 3 amide bonds. The van der Waals surface area contributed by atoms with Crippen LogP contribution in [-0.2, 0) is 14.4 Å². The number of likely N-dealkylation sites (tertiary alicyclic amines) is 1. The third kappa shape index (κ3) is 3.00. The summed E-state index contributed by atoms with van der Waals surface area (Å²) in [5.41, 5.74) is 5.87. The molecule has 6 nitrogen and oxygen atoms in total. The monoisotopic (exact) mass is 281 g/mol. The van der Waals surface area contributed by atoms with Gasteiger partial charge in [0.05, 0.1) is 6.42 Å². The van der Waals surface area contributed by atoms with Crippen LogP contribution < -0.4 is 11.1 Å². The van der Waals surface area contributed by atoms with Gasteiger partial charge in [-0.3, -0.25) is 19.3 Å². The molecule has 2 rings (SSSR count). The molecule has 0 radical (unpaired) electrons. The van der Waals surface area contributed by atoms with Gasteiger partial charge in [0.1, 0.15) is 6.04 Å². The van der Waals surface area contributed by atoms with Crippen LogP contribution in [-0.4, -0.2) is 40.7 Å². The van der Waals surface area contributed by atoms with E-state index in [9.17, 15) is 14.4 Å². The van der Waals surface area contributed by atoms with E-state index in [2.05, 4.69) is 5.32 Å². The summed E-state index contributed by atoms with van der Waals surface area (Å²) < 4.78 is 0. The number of hydrogen-bond acceptors (Lipinski definition) is 4. The molecule has 0 aromatic carbocycles. The average Bonchev–Trinajstić information content (AvgIpc) is 2.64. The average molecular weight is 281 g/mol. The predicted molar refractivity (Wildman–Crippen MR) is 73.5 cm³/mol. The van der Waals surface area contributed by atoms with Crippen LogP contribution >= 0.6 is 0 Å². The smallest absolute Gasteiger partial charge is 0.252 e. The Bertz CT molecular complexity index is 422. The van der Waals surface area contributed by atoms with Crippen molar-refractivity contribution < 1.29 is 14.4 Å². The summed E-state index contributed by atoms with van der Waals surface area (Å²) in [7, 11) is 0. The third-order valence-electron chi connectivity index (χ3n) is 4.10. The number of amides is 3. The summed E-state index contributed by atoms with van der Waals surface area (Å²) in [5.74, 6) is -0.777. The number of nitrogens with zero attached hydrogens (tertiary/aromatic N) is 1. The lowest BCUT2D eigenvalue weighted by molar-refractivity contribution is -0.141. The molecule has 6 heteroatoms. The first-order chi connectivity index (χ1) is 9.40. The van der Waals surface area contributed by atoms with E-state index in [1.807, 2.05) is 0 Å². The molecule has 0 aromatic heterocycles. The molecule has 0 bridgehead atoms. The predicted octanol–water partition coefficient (Wildman–Crippen LogP) is 0.156. The number of imide groups is 1. The molecule has 2 fully saturated rings. The van der Waals surface area contributed by atoms with Crippen molar-refractivity contribution in [3.63, 3.8) is 0 Å². The van der Waals surface area contributed by atoms with Crippen LogP contribution in [0.15, 0.2) is 0 Å². The summed E-state index contributed by atoms with van der Waals surface area (Å²) >= 11 is 0. The van der Waals surface area contributed by atoms with Crippen molar-refractivity contribution in [1.82, 2.24) is 10.2 Å². The number of nitrogens with two attached hydrogens (primary N) is 1. The molecule has 1 heterocycles. The molecule has 1 aliphatic carbocycles. The van der Waals surface area contributed by atoms with Gasteiger partial charge in [-0.05, 0) is 33.1 Å². The first-order valence-corrected chi connectivity index (χ1v) is 7.32. The van der Waals surface area contributed by atoms with E-state index in [0.29, 0.717) is 6.42 Å². The van der Waals surface area contributed by atoms with E-state index >= 15 is 0 Å². The van der Waals surface area contributed by atoms with Crippen molar-refractivity contribution in [2.45, 2.75) is 64.1 Å². The van der Waals surface area contributed by atoms with Crippen LogP contribution in [0.2, 0.25) is 0 Å². The van der Waals surface area contributed by atoms with Crippen LogP contribution in [0.25, 0.3) is 0 Å². The van der Waals surface area contributed by atoms with Gasteiger partial charge in [0.25, 0.3) is 5.91 Å². The molecule has 112 valence electrons. The molecule has 3 atom stereocenters. The van der Waals surface area contributed by atoms with Crippen molar-refractivity contribution in [1.29, 1.82) is 0 Å². The standard InChI is InChI=1S/C14H23N3O3/c1-8(2)17-12(18)7-11(14(17)20)16-13(19)9-4-3-5-10(15)6-9/h8-11H,3-7,15H2,1-2H3,(H,16,19). The second-order valence-electron chi connectivity index (χ2n) is 6.08. The molecular formula is C14H23N3O3. The lowest BCUT2D eigenvalue weighted by Gasteiger charge is -2.26. The van der Waals surface area contributed by atoms with Crippen LogP contribution in [0.1, 0.15) is 46.0 Å². The molecule has 3 N–H and O–H groups in total. The highest BCUT2D eigenvalue weighted by Crippen LogP contribution is 2.24. The molecular weight excluding hydrogens is 258 g/mol. The minimum Gasteiger partial charge on any atom is -0.344 e. The quantitative estimate of drug-likeness (QED) is 0.721. The Morgan fingerprint density at radius 1 is 1.35 bits per heavy atom. The van der Waals surface area contributed by atoms with Crippen molar-refractivity contribution >= 4 is 17.7 Å². The van der Waals surface area contributed by atoms with Crippen LogP contribution in [0, 0.1) is 5.92 Å². The first-order valence-electron chi connectivity index (χ1n) is 7.32. The fraction of sp³-hybridized carbons (Fsp3) is 0.786. The minimum absolute atomic E-state index is 0.0626. The highest BCUT2D eigenvalue weighted by atomic mass is 16.2. The van der Waals surface area contributed by atoms with Crippen LogP contribution in [0.5, 0.6) is 0 Å². The van der Waals surface area contributed by atoms with Gasteiger partial charge in [0.2, 0.25) is 11.8 Å². The maximum atomic E-state index is 12.2. The van der Waals surface area contributed by atoms with Crippen molar-refractivity contribution in [2.75, 3.05) is 0 Å². The Morgan fingerprint density at radius 3 is 2.60 bits per heavy atom. The number of nitrogens with one attached hydrogen (secondary N) is 1. The minimum atomic E-state index is -0.699. The second kappa shape index (κ2) is 5.91. The molecule has 2 aliphatic rings. The highest BCUT2D eigenvalue weighted by Gasteiger charge is 2.41. The van der Waals surface area contributed by atoms with Gasteiger partial charge < -0.3 is 11.1 Å². The van der Waals surface area contributed by atoms with Crippen molar-refractivity contribution in [3.05, 3.63) is 0 Å². The SMILES string of the molecule is CC(C)N1C(=O)CC(NC(=O)C2CCCC(N)C2)C1=O. The van der Waals surface area contributed by atoms with Gasteiger partial charge in [-0.15, -0.1) is 0 Å². The fourth-order valence-corrected chi connectivity index (χ4v) is 3.06. The Labute approximate surface area is 119 Å². The van der Waals surface area contributed by atoms with E-state index in [0.717, 1.165) is 19.3 Å². The van der Waals surface area contributed by atoms with Gasteiger partial charge >= 0.3 is 0 Å². The van der Waals surface area contributed by atoms with E-state index in [1.165, 1.54) is 4.90 Å². The van der Waals surface area contributed by atoms with Crippen molar-refractivity contribution in [3.8, 4) is 0 Å². The van der Waals surface area contributed by atoms with Gasteiger partial charge in [0, 0.05) is 18.0 Å². The summed E-state index contributed by atoms with van der Waals surface area (Å²) in [6.07, 6.45) is 3.43. The van der Waals surface area contributed by atoms with E-state index in [-0.39, 0.29) is 42.1 Å². The topological polar surface area (TPSA) is 92.5 Å².